The molecule has 0 saturated carbocycles. The van der Waals surface area contributed by atoms with E-state index in [1.807, 2.05) is 29.2 Å². The second kappa shape index (κ2) is 6.83. The number of ether oxygens (including phenoxy) is 1. The number of amides is 2. The molecule has 1 aromatic carbocycles. The van der Waals surface area contributed by atoms with Gasteiger partial charge in [-0.15, -0.1) is 0 Å². The van der Waals surface area contributed by atoms with Crippen LogP contribution in [0.4, 0.5) is 5.69 Å². The van der Waals surface area contributed by atoms with Crippen LogP contribution >= 0.6 is 0 Å². The molecule has 5 heteroatoms. The van der Waals surface area contributed by atoms with Crippen molar-refractivity contribution in [3.63, 3.8) is 0 Å². The van der Waals surface area contributed by atoms with Gasteiger partial charge >= 0.3 is 0 Å². The maximum atomic E-state index is 12.9. The molecule has 2 aliphatic heterocycles. The molecule has 5 nitrogen and oxygen atoms in total. The third-order valence-corrected chi connectivity index (χ3v) is 5.02. The van der Waals surface area contributed by atoms with Crippen molar-refractivity contribution < 1.29 is 14.3 Å². The highest BCUT2D eigenvalue weighted by molar-refractivity contribution is 6.00. The number of hydrogen-bond acceptors (Lipinski definition) is 3. The van der Waals surface area contributed by atoms with Gasteiger partial charge in [0.25, 0.3) is 0 Å². The number of carbonyl (C=O) groups is 2. The predicted octanol–water partition coefficient (Wildman–Crippen LogP) is 2.55. The number of benzene rings is 1. The van der Waals surface area contributed by atoms with E-state index in [0.29, 0.717) is 30.6 Å². The minimum absolute atomic E-state index is 0.0136. The van der Waals surface area contributed by atoms with E-state index in [-0.39, 0.29) is 17.7 Å². The van der Waals surface area contributed by atoms with E-state index in [1.54, 1.807) is 12.0 Å². The van der Waals surface area contributed by atoms with Crippen molar-refractivity contribution in [3.05, 3.63) is 24.3 Å². The molecule has 0 radical (unpaired) electrons. The highest BCUT2D eigenvalue weighted by Crippen LogP contribution is 2.30. The maximum absolute atomic E-state index is 12.9. The summed E-state index contributed by atoms with van der Waals surface area (Å²) in [5.74, 6) is 1.69. The fourth-order valence-electron chi connectivity index (χ4n) is 4.00. The monoisotopic (exact) mass is 330 g/mol. The minimum Gasteiger partial charge on any atom is -0.497 e. The molecule has 3 rings (SSSR count). The number of piperidine rings is 1. The van der Waals surface area contributed by atoms with E-state index in [9.17, 15) is 9.59 Å². The molecular weight excluding hydrogens is 304 g/mol. The summed E-state index contributed by atoms with van der Waals surface area (Å²) in [6, 6.07) is 7.45. The van der Waals surface area contributed by atoms with Crippen LogP contribution in [-0.4, -0.2) is 43.5 Å². The molecule has 2 amide bonds. The molecule has 3 atom stereocenters. The average molecular weight is 330 g/mol. The molecule has 0 aromatic heterocycles. The number of nitrogens with zero attached hydrogens (tertiary/aromatic N) is 2. The Hall–Kier alpha value is -2.04. The highest BCUT2D eigenvalue weighted by Gasteiger charge is 2.38. The summed E-state index contributed by atoms with van der Waals surface area (Å²) in [4.78, 5) is 28.9. The third kappa shape index (κ3) is 3.40. The van der Waals surface area contributed by atoms with E-state index in [1.165, 1.54) is 6.42 Å². The van der Waals surface area contributed by atoms with Gasteiger partial charge in [0.15, 0.2) is 0 Å². The summed E-state index contributed by atoms with van der Waals surface area (Å²) in [6.45, 7) is 6.47. The third-order valence-electron chi connectivity index (χ3n) is 5.02. The van der Waals surface area contributed by atoms with E-state index < -0.39 is 0 Å². The van der Waals surface area contributed by atoms with E-state index in [4.69, 9.17) is 4.74 Å². The van der Waals surface area contributed by atoms with Crippen molar-refractivity contribution in [1.29, 1.82) is 0 Å². The lowest BCUT2D eigenvalue weighted by Gasteiger charge is -2.36. The van der Waals surface area contributed by atoms with Gasteiger partial charge in [-0.05, 0) is 30.4 Å². The number of hydrogen-bond donors (Lipinski definition) is 0. The van der Waals surface area contributed by atoms with Gasteiger partial charge in [0.1, 0.15) is 5.75 Å². The van der Waals surface area contributed by atoms with Crippen LogP contribution in [0.1, 0.15) is 26.7 Å². The zero-order valence-electron chi connectivity index (χ0n) is 14.7. The van der Waals surface area contributed by atoms with Crippen molar-refractivity contribution >= 4 is 17.5 Å². The summed E-state index contributed by atoms with van der Waals surface area (Å²) in [6.07, 6.45) is 1.47. The first kappa shape index (κ1) is 16.8. The molecule has 24 heavy (non-hydrogen) atoms. The van der Waals surface area contributed by atoms with Gasteiger partial charge < -0.3 is 14.5 Å². The highest BCUT2D eigenvalue weighted by atomic mass is 16.5. The number of anilines is 1. The van der Waals surface area contributed by atoms with Crippen molar-refractivity contribution in [2.75, 3.05) is 31.6 Å². The summed E-state index contributed by atoms with van der Waals surface area (Å²) < 4.78 is 5.23. The lowest BCUT2D eigenvalue weighted by Crippen LogP contribution is -2.45. The zero-order valence-corrected chi connectivity index (χ0v) is 14.7. The van der Waals surface area contributed by atoms with Crippen LogP contribution in [0, 0.1) is 17.8 Å². The Labute approximate surface area is 143 Å². The first-order valence-corrected chi connectivity index (χ1v) is 8.71. The SMILES string of the molecule is COc1cccc(N2C[C@@H](C(=O)N3C[C@H](C)C[C@H](C)C3)CC2=O)c1. The Bertz CT molecular complexity index is 621. The number of methoxy groups -OCH3 is 1. The number of likely N-dealkylation sites (tertiary alicyclic amines) is 1. The molecule has 2 fully saturated rings. The Kier molecular flexibility index (Phi) is 4.78. The van der Waals surface area contributed by atoms with Gasteiger partial charge in [0.2, 0.25) is 11.8 Å². The Morgan fingerprint density at radius 2 is 1.88 bits per heavy atom. The van der Waals surface area contributed by atoms with Crippen molar-refractivity contribution in [2.45, 2.75) is 26.7 Å². The largest absolute Gasteiger partial charge is 0.497 e. The Morgan fingerprint density at radius 3 is 2.54 bits per heavy atom. The molecule has 0 bridgehead atoms. The molecular formula is C19H26N2O3. The maximum Gasteiger partial charge on any atom is 0.228 e. The van der Waals surface area contributed by atoms with Crippen molar-refractivity contribution in [1.82, 2.24) is 4.90 Å². The van der Waals surface area contributed by atoms with Gasteiger partial charge in [-0.1, -0.05) is 19.9 Å². The topological polar surface area (TPSA) is 49.9 Å². The molecule has 0 N–H and O–H groups in total. The van der Waals surface area contributed by atoms with Gasteiger partial charge in [-0.3, -0.25) is 9.59 Å². The second-order valence-corrected chi connectivity index (χ2v) is 7.30. The lowest BCUT2D eigenvalue weighted by atomic mass is 9.91. The van der Waals surface area contributed by atoms with Crippen molar-refractivity contribution in [3.8, 4) is 5.75 Å². The normalized spacial score (nSPS) is 27.5. The fraction of sp³-hybridized carbons (Fsp3) is 0.579. The molecule has 130 valence electrons. The second-order valence-electron chi connectivity index (χ2n) is 7.30. The van der Waals surface area contributed by atoms with Gasteiger partial charge in [-0.2, -0.15) is 0 Å². The zero-order chi connectivity index (χ0) is 17.3. The molecule has 0 aliphatic carbocycles. The Morgan fingerprint density at radius 1 is 1.17 bits per heavy atom. The van der Waals surface area contributed by atoms with Gasteiger partial charge in [0, 0.05) is 37.8 Å². The molecule has 2 saturated heterocycles. The van der Waals surface area contributed by atoms with Crippen LogP contribution in [0.25, 0.3) is 0 Å². The van der Waals surface area contributed by atoms with Crippen LogP contribution in [-0.2, 0) is 9.59 Å². The summed E-state index contributed by atoms with van der Waals surface area (Å²) in [5.41, 5.74) is 0.801. The van der Waals surface area contributed by atoms with E-state index in [0.717, 1.165) is 18.8 Å². The smallest absolute Gasteiger partial charge is 0.228 e. The van der Waals surface area contributed by atoms with Crippen LogP contribution in [0.15, 0.2) is 24.3 Å². The van der Waals surface area contributed by atoms with Crippen LogP contribution < -0.4 is 9.64 Å². The fourth-order valence-corrected chi connectivity index (χ4v) is 4.00. The van der Waals surface area contributed by atoms with Crippen LogP contribution in [0.5, 0.6) is 5.75 Å². The van der Waals surface area contributed by atoms with E-state index in [2.05, 4.69) is 13.8 Å². The Balaban J connectivity index is 1.71. The van der Waals surface area contributed by atoms with Gasteiger partial charge in [-0.25, -0.2) is 0 Å². The molecule has 0 spiro atoms. The minimum atomic E-state index is -0.235. The lowest BCUT2D eigenvalue weighted by molar-refractivity contribution is -0.138. The van der Waals surface area contributed by atoms with Gasteiger partial charge in [0.05, 0.1) is 13.0 Å². The summed E-state index contributed by atoms with van der Waals surface area (Å²) in [5, 5.41) is 0. The van der Waals surface area contributed by atoms with Crippen molar-refractivity contribution in [2.24, 2.45) is 17.8 Å². The predicted molar refractivity (Wildman–Crippen MR) is 93.0 cm³/mol. The van der Waals surface area contributed by atoms with E-state index >= 15 is 0 Å². The molecule has 1 aromatic rings. The average Bonchev–Trinajstić information content (AvgIpc) is 2.95. The number of carbonyl (C=O) groups excluding carboxylic acids is 2. The first-order valence-electron chi connectivity index (χ1n) is 8.71. The number of rotatable bonds is 3. The standard InChI is InChI=1S/C19H26N2O3/c1-13-7-14(2)11-20(10-13)19(23)15-8-18(22)21(12-15)16-5-4-6-17(9-16)24-3/h4-6,9,13-15H,7-8,10-12H2,1-3H3/t13-,14+,15-/m0/s1. The molecule has 2 aliphatic rings. The molecule has 2 heterocycles. The first-order chi connectivity index (χ1) is 11.5. The van der Waals surface area contributed by atoms with Crippen LogP contribution in [0.2, 0.25) is 0 Å². The van der Waals surface area contributed by atoms with Crippen LogP contribution in [0.3, 0.4) is 0 Å². The summed E-state index contributed by atoms with van der Waals surface area (Å²) >= 11 is 0. The quantitative estimate of drug-likeness (QED) is 0.856. The molecule has 0 unspecified atom stereocenters. The summed E-state index contributed by atoms with van der Waals surface area (Å²) in [7, 11) is 1.61.